The minimum absolute atomic E-state index is 0.624. The molecule has 0 fully saturated rings. The largest absolute Gasteiger partial charge is 0.397 e. The predicted molar refractivity (Wildman–Crippen MR) is 68.1 cm³/mol. The highest BCUT2D eigenvalue weighted by Gasteiger charge is 2.03. The number of halogens is 1. The van der Waals surface area contributed by atoms with Crippen molar-refractivity contribution in [2.24, 2.45) is 0 Å². The number of nitrogens with one attached hydrogen (secondary N) is 1. The molecule has 0 spiro atoms. The first-order valence-corrected chi connectivity index (χ1v) is 5.27. The molecule has 16 heavy (non-hydrogen) atoms. The molecular weight excluding hydrogens is 222 g/mol. The van der Waals surface area contributed by atoms with Gasteiger partial charge >= 0.3 is 0 Å². The Morgan fingerprint density at radius 1 is 1.38 bits per heavy atom. The number of hydrogen-bond donors (Lipinski definition) is 2. The Kier molecular flexibility index (Phi) is 2.97. The van der Waals surface area contributed by atoms with Gasteiger partial charge in [0.1, 0.15) is 0 Å². The van der Waals surface area contributed by atoms with Gasteiger partial charge in [0.15, 0.2) is 0 Å². The Hall–Kier alpha value is -1.74. The van der Waals surface area contributed by atoms with Gasteiger partial charge in [-0.25, -0.2) is 0 Å². The topological polar surface area (TPSA) is 50.9 Å². The highest BCUT2D eigenvalue weighted by atomic mass is 35.5. The maximum absolute atomic E-state index is 5.97. The summed E-state index contributed by atoms with van der Waals surface area (Å²) >= 11 is 5.97. The van der Waals surface area contributed by atoms with Crippen molar-refractivity contribution in [2.75, 3.05) is 11.1 Å². The van der Waals surface area contributed by atoms with Gasteiger partial charge in [0.05, 0.1) is 23.3 Å². The van der Waals surface area contributed by atoms with Crippen LogP contribution in [-0.2, 0) is 0 Å². The molecule has 3 N–H and O–H groups in total. The molecule has 1 heterocycles. The van der Waals surface area contributed by atoms with E-state index in [1.807, 2.05) is 25.1 Å². The van der Waals surface area contributed by atoms with Gasteiger partial charge in [0.25, 0.3) is 0 Å². The van der Waals surface area contributed by atoms with Crippen molar-refractivity contribution >= 4 is 28.7 Å². The predicted octanol–water partition coefficient (Wildman–Crippen LogP) is 3.37. The Labute approximate surface area is 99.3 Å². The second kappa shape index (κ2) is 4.41. The summed E-state index contributed by atoms with van der Waals surface area (Å²) in [5, 5.41) is 3.87. The van der Waals surface area contributed by atoms with E-state index < -0.39 is 0 Å². The number of hydrogen-bond acceptors (Lipinski definition) is 3. The number of nitrogens with zero attached hydrogens (tertiary/aromatic N) is 1. The number of benzene rings is 1. The molecule has 3 nitrogen and oxygen atoms in total. The fourth-order valence-corrected chi connectivity index (χ4v) is 1.57. The molecule has 0 saturated carbocycles. The maximum atomic E-state index is 5.97. The number of pyridine rings is 1. The van der Waals surface area contributed by atoms with E-state index in [0.717, 1.165) is 16.9 Å². The summed E-state index contributed by atoms with van der Waals surface area (Å²) in [6.07, 6.45) is 3.46. The average Bonchev–Trinajstić information content (AvgIpc) is 2.27. The Bertz CT molecular complexity index is 497. The van der Waals surface area contributed by atoms with E-state index in [1.54, 1.807) is 18.5 Å². The lowest BCUT2D eigenvalue weighted by atomic mass is 10.2. The number of anilines is 3. The van der Waals surface area contributed by atoms with E-state index in [2.05, 4.69) is 10.3 Å². The molecular formula is C12H12ClN3. The molecule has 0 atom stereocenters. The number of nitrogen functional groups attached to an aromatic ring is 1. The molecule has 2 aromatic rings. The quantitative estimate of drug-likeness (QED) is 0.782. The molecule has 0 aliphatic rings. The summed E-state index contributed by atoms with van der Waals surface area (Å²) in [6, 6.07) is 7.46. The zero-order valence-electron chi connectivity index (χ0n) is 8.87. The molecule has 1 aromatic carbocycles. The fourth-order valence-electron chi connectivity index (χ4n) is 1.40. The molecule has 0 unspecified atom stereocenters. The minimum Gasteiger partial charge on any atom is -0.397 e. The van der Waals surface area contributed by atoms with Crippen LogP contribution in [0.2, 0.25) is 5.02 Å². The van der Waals surface area contributed by atoms with Gasteiger partial charge in [-0.05, 0) is 36.8 Å². The van der Waals surface area contributed by atoms with E-state index in [-0.39, 0.29) is 0 Å². The molecule has 0 bridgehead atoms. The standard InChI is InChI=1S/C12H12ClN3/c1-8-5-12(11(14)6-10(8)13)16-9-3-2-4-15-7-9/h2-7,16H,14H2,1H3. The van der Waals surface area contributed by atoms with Crippen molar-refractivity contribution in [1.82, 2.24) is 4.98 Å². The molecule has 2 rings (SSSR count). The summed E-state index contributed by atoms with van der Waals surface area (Å²) in [5.41, 5.74) is 9.22. The summed E-state index contributed by atoms with van der Waals surface area (Å²) in [7, 11) is 0. The first-order valence-electron chi connectivity index (χ1n) is 4.89. The molecule has 82 valence electrons. The fraction of sp³-hybridized carbons (Fsp3) is 0.0833. The normalized spacial score (nSPS) is 10.1. The molecule has 1 aromatic heterocycles. The Balaban J connectivity index is 2.32. The van der Waals surface area contributed by atoms with Crippen LogP contribution in [-0.4, -0.2) is 4.98 Å². The highest BCUT2D eigenvalue weighted by molar-refractivity contribution is 6.31. The second-order valence-electron chi connectivity index (χ2n) is 3.56. The monoisotopic (exact) mass is 233 g/mol. The molecule has 0 aliphatic carbocycles. The molecule has 0 amide bonds. The number of aromatic nitrogens is 1. The molecule has 0 aliphatic heterocycles. The zero-order chi connectivity index (χ0) is 11.5. The molecule has 4 heteroatoms. The first kappa shape index (κ1) is 10.8. The second-order valence-corrected chi connectivity index (χ2v) is 3.96. The van der Waals surface area contributed by atoms with Crippen LogP contribution < -0.4 is 11.1 Å². The van der Waals surface area contributed by atoms with E-state index in [4.69, 9.17) is 17.3 Å². The van der Waals surface area contributed by atoms with E-state index in [1.165, 1.54) is 0 Å². The summed E-state index contributed by atoms with van der Waals surface area (Å²) in [5.74, 6) is 0. The summed E-state index contributed by atoms with van der Waals surface area (Å²) in [4.78, 5) is 4.02. The lowest BCUT2D eigenvalue weighted by Crippen LogP contribution is -1.97. The van der Waals surface area contributed by atoms with Gasteiger partial charge in [-0.3, -0.25) is 4.98 Å². The third kappa shape index (κ3) is 2.25. The average molecular weight is 234 g/mol. The third-order valence-corrected chi connectivity index (χ3v) is 2.68. The van der Waals surface area contributed by atoms with Gasteiger partial charge < -0.3 is 11.1 Å². The van der Waals surface area contributed by atoms with Crippen molar-refractivity contribution in [2.45, 2.75) is 6.92 Å². The van der Waals surface area contributed by atoms with Crippen LogP contribution in [0.15, 0.2) is 36.7 Å². The van der Waals surface area contributed by atoms with E-state index >= 15 is 0 Å². The molecule has 0 radical (unpaired) electrons. The van der Waals surface area contributed by atoms with Crippen LogP contribution in [0, 0.1) is 6.92 Å². The lowest BCUT2D eigenvalue weighted by molar-refractivity contribution is 1.32. The van der Waals surface area contributed by atoms with Crippen LogP contribution in [0.25, 0.3) is 0 Å². The van der Waals surface area contributed by atoms with Gasteiger partial charge in [-0.1, -0.05) is 11.6 Å². The van der Waals surface area contributed by atoms with Crippen LogP contribution in [0.1, 0.15) is 5.56 Å². The van der Waals surface area contributed by atoms with Crippen molar-refractivity contribution in [3.63, 3.8) is 0 Å². The number of rotatable bonds is 2. The number of aryl methyl sites for hydroxylation is 1. The van der Waals surface area contributed by atoms with Crippen molar-refractivity contribution in [1.29, 1.82) is 0 Å². The van der Waals surface area contributed by atoms with Gasteiger partial charge in [0.2, 0.25) is 0 Å². The zero-order valence-corrected chi connectivity index (χ0v) is 9.62. The molecule has 0 saturated heterocycles. The van der Waals surface area contributed by atoms with Crippen LogP contribution in [0.3, 0.4) is 0 Å². The van der Waals surface area contributed by atoms with Gasteiger partial charge in [0, 0.05) is 11.2 Å². The van der Waals surface area contributed by atoms with Crippen molar-refractivity contribution in [3.8, 4) is 0 Å². The van der Waals surface area contributed by atoms with Crippen LogP contribution in [0.5, 0.6) is 0 Å². The maximum Gasteiger partial charge on any atom is 0.0622 e. The van der Waals surface area contributed by atoms with Crippen LogP contribution >= 0.6 is 11.6 Å². The van der Waals surface area contributed by atoms with Gasteiger partial charge in [-0.15, -0.1) is 0 Å². The minimum atomic E-state index is 0.624. The highest BCUT2D eigenvalue weighted by Crippen LogP contribution is 2.28. The van der Waals surface area contributed by atoms with Crippen LogP contribution in [0.4, 0.5) is 17.1 Å². The SMILES string of the molecule is Cc1cc(Nc2cccnc2)c(N)cc1Cl. The van der Waals surface area contributed by atoms with Crippen molar-refractivity contribution in [3.05, 3.63) is 47.2 Å². The summed E-state index contributed by atoms with van der Waals surface area (Å²) < 4.78 is 0. The smallest absolute Gasteiger partial charge is 0.0622 e. The lowest BCUT2D eigenvalue weighted by Gasteiger charge is -2.10. The third-order valence-electron chi connectivity index (χ3n) is 2.27. The Morgan fingerprint density at radius 3 is 2.88 bits per heavy atom. The summed E-state index contributed by atoms with van der Waals surface area (Å²) in [6.45, 7) is 1.94. The van der Waals surface area contributed by atoms with Crippen molar-refractivity contribution < 1.29 is 0 Å². The number of nitrogens with two attached hydrogens (primary N) is 1. The first-order chi connectivity index (χ1) is 7.66. The van der Waals surface area contributed by atoms with E-state index in [0.29, 0.717) is 10.7 Å². The van der Waals surface area contributed by atoms with Gasteiger partial charge in [-0.2, -0.15) is 0 Å². The van der Waals surface area contributed by atoms with E-state index in [9.17, 15) is 0 Å². The Morgan fingerprint density at radius 2 is 2.19 bits per heavy atom.